The zero-order valence-corrected chi connectivity index (χ0v) is 31.4. The van der Waals surface area contributed by atoms with E-state index in [1.54, 1.807) is 0 Å². The predicted octanol–water partition coefficient (Wildman–Crippen LogP) is 13.6. The fourth-order valence-electron chi connectivity index (χ4n) is 10.5. The summed E-state index contributed by atoms with van der Waals surface area (Å²) >= 11 is 0. The summed E-state index contributed by atoms with van der Waals surface area (Å²) in [7, 11) is 0. The average molecular weight is 736 g/mol. The van der Waals surface area contributed by atoms with Crippen LogP contribution in [0, 0.1) is 0 Å². The quantitative estimate of drug-likeness (QED) is 0.180. The van der Waals surface area contributed by atoms with Crippen molar-refractivity contribution in [3.8, 4) is 50.6 Å². The molecule has 2 aromatic heterocycles. The van der Waals surface area contributed by atoms with E-state index in [0.29, 0.717) is 5.95 Å². The normalized spacial score (nSPS) is 13.3. The number of hydrogen-bond acceptors (Lipinski definition) is 2. The third-order valence-electron chi connectivity index (χ3n) is 12.8. The van der Waals surface area contributed by atoms with Crippen LogP contribution in [-0.2, 0) is 5.41 Å². The van der Waals surface area contributed by atoms with Crippen molar-refractivity contribution in [2.24, 2.45) is 0 Å². The SMILES string of the molecule is c1ccc(-c2cc3c4c5c6c(ccc(-c7ccccc7)c6ccc5n(-c5nc(-c6ccccc6)c6ccccc6n5)c4c2)C32c3ccccc3-c3ccccc32)cc1. The predicted molar refractivity (Wildman–Crippen MR) is 239 cm³/mol. The molecule has 0 aliphatic heterocycles. The van der Waals surface area contributed by atoms with Gasteiger partial charge in [-0.1, -0.05) is 176 Å². The van der Waals surface area contributed by atoms with Gasteiger partial charge in [0.25, 0.3) is 0 Å². The summed E-state index contributed by atoms with van der Waals surface area (Å²) in [5.74, 6) is 0.664. The molecule has 0 unspecified atom stereocenters. The number of hydrogen-bond donors (Lipinski definition) is 0. The lowest BCUT2D eigenvalue weighted by molar-refractivity contribution is 0.783. The number of aromatic nitrogens is 3. The van der Waals surface area contributed by atoms with Crippen LogP contribution in [0.25, 0.3) is 94.1 Å². The highest BCUT2D eigenvalue weighted by Crippen LogP contribution is 2.63. The van der Waals surface area contributed by atoms with Crippen molar-refractivity contribution in [1.82, 2.24) is 14.5 Å². The lowest BCUT2D eigenvalue weighted by atomic mass is 9.62. The standard InChI is InChI=1S/C55H33N3/c1-4-16-34(17-5-1)37-32-46-51-49(33-37)58(54-56-47-27-15-12-24-42(47)53(57-54)36-20-8-3-9-21-36)48-31-29-41-38(35-18-6-2-7-19-35)28-30-45(50(41)52(48)51)55(46)43-25-13-10-22-39(43)40-23-11-14-26-44(40)55/h1-33H. The van der Waals surface area contributed by atoms with Gasteiger partial charge in [0.2, 0.25) is 5.95 Å². The van der Waals surface area contributed by atoms with E-state index in [-0.39, 0.29) is 0 Å². The molecule has 2 heterocycles. The van der Waals surface area contributed by atoms with Crippen molar-refractivity contribution in [3.63, 3.8) is 0 Å². The topological polar surface area (TPSA) is 30.7 Å². The molecule has 2 aliphatic carbocycles. The molecule has 0 amide bonds. The Morgan fingerprint density at radius 1 is 0.345 bits per heavy atom. The summed E-state index contributed by atoms with van der Waals surface area (Å²) < 4.78 is 2.35. The summed E-state index contributed by atoms with van der Waals surface area (Å²) in [6, 6.07) is 73.1. The number of rotatable bonds is 4. The molecule has 1 spiro atoms. The smallest absolute Gasteiger partial charge is 0.235 e. The molecule has 13 rings (SSSR count). The molecule has 0 fully saturated rings. The van der Waals surface area contributed by atoms with Gasteiger partial charge in [0.15, 0.2) is 0 Å². The maximum absolute atomic E-state index is 5.52. The Bertz CT molecular complexity index is 3450. The van der Waals surface area contributed by atoms with Crippen molar-refractivity contribution < 1.29 is 0 Å². The van der Waals surface area contributed by atoms with Gasteiger partial charge in [-0.15, -0.1) is 0 Å². The van der Waals surface area contributed by atoms with Gasteiger partial charge in [0, 0.05) is 21.7 Å². The summed E-state index contributed by atoms with van der Waals surface area (Å²) in [5.41, 5.74) is 17.1. The first kappa shape index (κ1) is 31.6. The second-order valence-corrected chi connectivity index (χ2v) is 15.6. The molecule has 3 nitrogen and oxygen atoms in total. The number of benzene rings is 9. The minimum absolute atomic E-state index is 0.573. The second kappa shape index (κ2) is 11.7. The fourth-order valence-corrected chi connectivity index (χ4v) is 10.5. The van der Waals surface area contributed by atoms with Crippen molar-refractivity contribution in [2.45, 2.75) is 5.41 Å². The Morgan fingerprint density at radius 3 is 1.69 bits per heavy atom. The van der Waals surface area contributed by atoms with E-state index in [4.69, 9.17) is 9.97 Å². The minimum Gasteiger partial charge on any atom is -0.278 e. The van der Waals surface area contributed by atoms with E-state index in [0.717, 1.165) is 38.8 Å². The van der Waals surface area contributed by atoms with Crippen molar-refractivity contribution >= 4 is 43.5 Å². The Balaban J connectivity index is 1.27. The van der Waals surface area contributed by atoms with E-state index in [2.05, 4.69) is 205 Å². The molecule has 11 aromatic rings. The van der Waals surface area contributed by atoms with Crippen molar-refractivity contribution in [2.75, 3.05) is 0 Å². The maximum Gasteiger partial charge on any atom is 0.235 e. The zero-order chi connectivity index (χ0) is 38.0. The van der Waals surface area contributed by atoms with Gasteiger partial charge < -0.3 is 0 Å². The zero-order valence-electron chi connectivity index (χ0n) is 31.4. The Labute approximate surface area is 335 Å². The lowest BCUT2D eigenvalue weighted by Crippen LogP contribution is -2.30. The third-order valence-corrected chi connectivity index (χ3v) is 12.8. The molecule has 0 saturated heterocycles. The molecule has 0 saturated carbocycles. The number of fused-ring (bicyclic) bond motifs is 8. The minimum atomic E-state index is -0.573. The van der Waals surface area contributed by atoms with Crippen molar-refractivity contribution in [1.29, 1.82) is 0 Å². The van der Waals surface area contributed by atoms with E-state index in [1.807, 2.05) is 0 Å². The van der Waals surface area contributed by atoms with E-state index in [9.17, 15) is 0 Å². The molecular weight excluding hydrogens is 703 g/mol. The van der Waals surface area contributed by atoms with Crippen LogP contribution >= 0.6 is 0 Å². The molecular formula is C55H33N3. The van der Waals surface area contributed by atoms with Crippen LogP contribution in [0.3, 0.4) is 0 Å². The fraction of sp³-hybridized carbons (Fsp3) is 0.0182. The van der Waals surface area contributed by atoms with Crippen LogP contribution in [0.15, 0.2) is 200 Å². The molecule has 0 bridgehead atoms. The van der Waals surface area contributed by atoms with Gasteiger partial charge in [0.05, 0.1) is 27.7 Å². The largest absolute Gasteiger partial charge is 0.278 e. The first-order valence-electron chi connectivity index (χ1n) is 20.0. The van der Waals surface area contributed by atoms with Crippen LogP contribution in [0.1, 0.15) is 22.3 Å². The van der Waals surface area contributed by atoms with E-state index < -0.39 is 5.41 Å². The summed E-state index contributed by atoms with van der Waals surface area (Å²) in [5, 5.41) is 6.08. The molecule has 268 valence electrons. The summed E-state index contributed by atoms with van der Waals surface area (Å²) in [6.45, 7) is 0. The molecule has 3 heteroatoms. The van der Waals surface area contributed by atoms with Crippen LogP contribution in [0.5, 0.6) is 0 Å². The molecule has 58 heavy (non-hydrogen) atoms. The monoisotopic (exact) mass is 735 g/mol. The molecule has 0 atom stereocenters. The highest BCUT2D eigenvalue weighted by molar-refractivity contribution is 6.28. The van der Waals surface area contributed by atoms with Gasteiger partial charge in [0.1, 0.15) is 0 Å². The maximum atomic E-state index is 5.52. The summed E-state index contributed by atoms with van der Waals surface area (Å²) in [6.07, 6.45) is 0. The van der Waals surface area contributed by atoms with Crippen LogP contribution in [0.4, 0.5) is 0 Å². The van der Waals surface area contributed by atoms with E-state index >= 15 is 0 Å². The van der Waals surface area contributed by atoms with Crippen molar-refractivity contribution in [3.05, 3.63) is 222 Å². The van der Waals surface area contributed by atoms with E-state index in [1.165, 1.54) is 71.6 Å². The molecule has 9 aromatic carbocycles. The van der Waals surface area contributed by atoms with Gasteiger partial charge in [-0.25, -0.2) is 9.97 Å². The number of nitrogens with zero attached hydrogens (tertiary/aromatic N) is 3. The van der Waals surface area contributed by atoms with Gasteiger partial charge >= 0.3 is 0 Å². The van der Waals surface area contributed by atoms with Crippen LogP contribution in [-0.4, -0.2) is 14.5 Å². The lowest BCUT2D eigenvalue weighted by Gasteiger charge is -2.38. The van der Waals surface area contributed by atoms with Crippen LogP contribution in [0.2, 0.25) is 0 Å². The summed E-state index contributed by atoms with van der Waals surface area (Å²) in [4.78, 5) is 10.9. The highest BCUT2D eigenvalue weighted by Gasteiger charge is 2.50. The number of para-hydroxylation sites is 1. The first-order valence-corrected chi connectivity index (χ1v) is 20.0. The highest BCUT2D eigenvalue weighted by atomic mass is 15.2. The third kappa shape index (κ3) is 4.07. The molecule has 0 N–H and O–H groups in total. The van der Waals surface area contributed by atoms with Gasteiger partial charge in [-0.2, -0.15) is 0 Å². The van der Waals surface area contributed by atoms with Gasteiger partial charge in [-0.3, -0.25) is 4.57 Å². The first-order chi connectivity index (χ1) is 28.8. The second-order valence-electron chi connectivity index (χ2n) is 15.6. The Morgan fingerprint density at radius 2 is 0.966 bits per heavy atom. The average Bonchev–Trinajstić information content (AvgIpc) is 3.79. The Kier molecular flexibility index (Phi) is 6.37. The van der Waals surface area contributed by atoms with Gasteiger partial charge in [-0.05, 0) is 90.7 Å². The Hall–Kier alpha value is -7.62. The molecule has 2 aliphatic rings. The van der Waals surface area contributed by atoms with Crippen LogP contribution < -0.4 is 0 Å². The molecule has 0 radical (unpaired) electrons.